The number of hydrogen-bond donors (Lipinski definition) is 1. The first-order valence-electron chi connectivity index (χ1n) is 6.66. The zero-order valence-corrected chi connectivity index (χ0v) is 11.6. The van der Waals surface area contributed by atoms with E-state index in [0.717, 1.165) is 12.8 Å². The molecule has 2 N–H and O–H groups in total. The van der Waals surface area contributed by atoms with E-state index in [1.807, 2.05) is 20.8 Å². The molecule has 0 aromatic heterocycles. The molecule has 0 aromatic rings. The maximum absolute atomic E-state index is 12.0. The SMILES string of the molecule is CC(C)(C)OC(=O)N1CCOC(C2(CN)CC2)C1. The number of rotatable bonds is 2. The Bertz CT molecular complexity index is 321. The van der Waals surface area contributed by atoms with E-state index < -0.39 is 5.60 Å². The van der Waals surface area contributed by atoms with Crippen LogP contribution in [0.1, 0.15) is 33.6 Å². The standard InChI is InChI=1S/C13H24N2O3/c1-12(2,3)18-11(16)15-6-7-17-10(8-15)13(9-14)4-5-13/h10H,4-9,14H2,1-3H3. The normalized spacial score (nSPS) is 26.9. The predicted octanol–water partition coefficient (Wildman–Crippen LogP) is 1.36. The molecule has 2 fully saturated rings. The molecule has 0 spiro atoms. The minimum Gasteiger partial charge on any atom is -0.444 e. The van der Waals surface area contributed by atoms with Crippen LogP contribution in [-0.4, -0.2) is 48.9 Å². The Kier molecular flexibility index (Phi) is 3.56. The summed E-state index contributed by atoms with van der Waals surface area (Å²) in [6.45, 7) is 8.06. The van der Waals surface area contributed by atoms with Crippen molar-refractivity contribution >= 4 is 6.09 Å². The maximum Gasteiger partial charge on any atom is 0.410 e. The Morgan fingerprint density at radius 3 is 2.67 bits per heavy atom. The quantitative estimate of drug-likeness (QED) is 0.810. The van der Waals surface area contributed by atoms with Crippen molar-refractivity contribution in [2.24, 2.45) is 11.1 Å². The van der Waals surface area contributed by atoms with E-state index in [4.69, 9.17) is 15.2 Å². The van der Waals surface area contributed by atoms with Crippen molar-refractivity contribution in [2.45, 2.75) is 45.3 Å². The highest BCUT2D eigenvalue weighted by Crippen LogP contribution is 2.49. The summed E-state index contributed by atoms with van der Waals surface area (Å²) >= 11 is 0. The number of carbonyl (C=O) groups excluding carboxylic acids is 1. The van der Waals surface area contributed by atoms with Crippen molar-refractivity contribution in [2.75, 3.05) is 26.2 Å². The molecular formula is C13H24N2O3. The fourth-order valence-electron chi connectivity index (χ4n) is 2.33. The van der Waals surface area contributed by atoms with E-state index in [1.165, 1.54) is 0 Å². The molecule has 1 saturated carbocycles. The number of nitrogens with two attached hydrogens (primary N) is 1. The minimum atomic E-state index is -0.448. The number of hydrogen-bond acceptors (Lipinski definition) is 4. The second-order valence-corrected chi connectivity index (χ2v) is 6.35. The molecule has 5 nitrogen and oxygen atoms in total. The fourth-order valence-corrected chi connectivity index (χ4v) is 2.33. The first kappa shape index (κ1) is 13.6. The summed E-state index contributed by atoms with van der Waals surface area (Å²) in [4.78, 5) is 13.8. The summed E-state index contributed by atoms with van der Waals surface area (Å²) in [5.41, 5.74) is 5.47. The second-order valence-electron chi connectivity index (χ2n) is 6.35. The summed E-state index contributed by atoms with van der Waals surface area (Å²) in [7, 11) is 0. The monoisotopic (exact) mass is 256 g/mol. The van der Waals surface area contributed by atoms with Gasteiger partial charge in [0.2, 0.25) is 0 Å². The first-order chi connectivity index (χ1) is 8.36. The smallest absolute Gasteiger partial charge is 0.410 e. The van der Waals surface area contributed by atoms with Crippen molar-refractivity contribution in [1.29, 1.82) is 0 Å². The van der Waals surface area contributed by atoms with Gasteiger partial charge in [0.25, 0.3) is 0 Å². The Balaban J connectivity index is 1.93. The largest absolute Gasteiger partial charge is 0.444 e. The van der Waals surface area contributed by atoms with Crippen LogP contribution in [0.2, 0.25) is 0 Å². The molecule has 104 valence electrons. The van der Waals surface area contributed by atoms with Crippen LogP contribution in [0.4, 0.5) is 4.79 Å². The van der Waals surface area contributed by atoms with Crippen molar-refractivity contribution in [1.82, 2.24) is 4.90 Å². The van der Waals surface area contributed by atoms with Crippen molar-refractivity contribution in [3.05, 3.63) is 0 Å². The lowest BCUT2D eigenvalue weighted by atomic mass is 9.98. The van der Waals surface area contributed by atoms with E-state index in [1.54, 1.807) is 4.90 Å². The molecule has 18 heavy (non-hydrogen) atoms. The molecule has 1 atom stereocenters. The lowest BCUT2D eigenvalue weighted by Crippen LogP contribution is -2.51. The van der Waals surface area contributed by atoms with Gasteiger partial charge in [-0.2, -0.15) is 0 Å². The summed E-state index contributed by atoms with van der Waals surface area (Å²) in [6.07, 6.45) is 2.04. The van der Waals surface area contributed by atoms with Gasteiger partial charge >= 0.3 is 6.09 Å². The van der Waals surface area contributed by atoms with Crippen LogP contribution in [0.25, 0.3) is 0 Å². The maximum atomic E-state index is 12.0. The summed E-state index contributed by atoms with van der Waals surface area (Å²) in [5, 5.41) is 0. The number of carbonyl (C=O) groups is 1. The lowest BCUT2D eigenvalue weighted by molar-refractivity contribution is -0.0683. The van der Waals surface area contributed by atoms with E-state index in [-0.39, 0.29) is 17.6 Å². The van der Waals surface area contributed by atoms with Gasteiger partial charge in [0, 0.05) is 18.5 Å². The zero-order chi connectivity index (χ0) is 13.4. The Labute approximate surface area is 109 Å². The molecule has 1 amide bonds. The van der Waals surface area contributed by atoms with Crippen LogP contribution in [-0.2, 0) is 9.47 Å². The molecule has 1 unspecified atom stereocenters. The molecule has 2 rings (SSSR count). The molecule has 0 radical (unpaired) electrons. The number of nitrogens with zero attached hydrogens (tertiary/aromatic N) is 1. The topological polar surface area (TPSA) is 64.8 Å². The van der Waals surface area contributed by atoms with Crippen LogP contribution >= 0.6 is 0 Å². The van der Waals surface area contributed by atoms with Gasteiger partial charge in [0.15, 0.2) is 0 Å². The molecule has 1 saturated heterocycles. The predicted molar refractivity (Wildman–Crippen MR) is 68.3 cm³/mol. The van der Waals surface area contributed by atoms with E-state index >= 15 is 0 Å². The van der Waals surface area contributed by atoms with Crippen LogP contribution < -0.4 is 5.73 Å². The number of ether oxygens (including phenoxy) is 2. The number of amides is 1. The Hall–Kier alpha value is -0.810. The van der Waals surface area contributed by atoms with Crippen LogP contribution in [0, 0.1) is 5.41 Å². The van der Waals surface area contributed by atoms with Gasteiger partial charge in [0.1, 0.15) is 5.60 Å². The van der Waals surface area contributed by atoms with Gasteiger partial charge in [-0.15, -0.1) is 0 Å². The third-order valence-corrected chi connectivity index (χ3v) is 3.70. The third kappa shape index (κ3) is 2.95. The van der Waals surface area contributed by atoms with Crippen LogP contribution in [0.3, 0.4) is 0 Å². The van der Waals surface area contributed by atoms with Crippen LogP contribution in [0.5, 0.6) is 0 Å². The molecule has 1 aliphatic heterocycles. The summed E-state index contributed by atoms with van der Waals surface area (Å²) in [5.74, 6) is 0. The highest BCUT2D eigenvalue weighted by Gasteiger charge is 2.51. The van der Waals surface area contributed by atoms with Gasteiger partial charge in [-0.3, -0.25) is 0 Å². The Morgan fingerprint density at radius 1 is 1.50 bits per heavy atom. The number of morpholine rings is 1. The highest BCUT2D eigenvalue weighted by molar-refractivity contribution is 5.68. The van der Waals surface area contributed by atoms with Crippen molar-refractivity contribution in [3.8, 4) is 0 Å². The first-order valence-corrected chi connectivity index (χ1v) is 6.66. The van der Waals surface area contributed by atoms with Gasteiger partial charge in [-0.05, 0) is 33.6 Å². The molecule has 0 aromatic carbocycles. The highest BCUT2D eigenvalue weighted by atomic mass is 16.6. The molecule has 1 aliphatic carbocycles. The average molecular weight is 256 g/mol. The van der Waals surface area contributed by atoms with Gasteiger partial charge in [0.05, 0.1) is 19.3 Å². The van der Waals surface area contributed by atoms with Crippen molar-refractivity contribution in [3.63, 3.8) is 0 Å². The van der Waals surface area contributed by atoms with Gasteiger partial charge in [-0.25, -0.2) is 4.79 Å². The second kappa shape index (κ2) is 4.70. The van der Waals surface area contributed by atoms with E-state index in [0.29, 0.717) is 26.2 Å². The molecule has 5 heteroatoms. The molecule has 2 aliphatic rings. The molecular weight excluding hydrogens is 232 g/mol. The van der Waals surface area contributed by atoms with Crippen molar-refractivity contribution < 1.29 is 14.3 Å². The summed E-state index contributed by atoms with van der Waals surface area (Å²) in [6, 6.07) is 0. The van der Waals surface area contributed by atoms with Gasteiger partial charge in [-0.1, -0.05) is 0 Å². The third-order valence-electron chi connectivity index (χ3n) is 3.70. The van der Waals surface area contributed by atoms with E-state index in [9.17, 15) is 4.79 Å². The Morgan fingerprint density at radius 2 is 2.17 bits per heavy atom. The summed E-state index contributed by atoms with van der Waals surface area (Å²) < 4.78 is 11.2. The minimum absolute atomic E-state index is 0.0729. The lowest BCUT2D eigenvalue weighted by Gasteiger charge is -2.37. The average Bonchev–Trinajstić information content (AvgIpc) is 3.08. The van der Waals surface area contributed by atoms with E-state index in [2.05, 4.69) is 0 Å². The molecule has 1 heterocycles. The van der Waals surface area contributed by atoms with Gasteiger partial charge < -0.3 is 20.1 Å². The van der Waals surface area contributed by atoms with Crippen LogP contribution in [0.15, 0.2) is 0 Å². The fraction of sp³-hybridized carbons (Fsp3) is 0.923. The molecule has 0 bridgehead atoms. The zero-order valence-electron chi connectivity index (χ0n) is 11.6.